The molecule has 1 aliphatic carbocycles. The van der Waals surface area contributed by atoms with Crippen molar-refractivity contribution in [2.45, 2.75) is 45.1 Å². The molecule has 1 atom stereocenters. The number of nitrogens with zero attached hydrogens (tertiary/aromatic N) is 1. The number of aromatic amines is 1. The van der Waals surface area contributed by atoms with E-state index in [9.17, 15) is 9.59 Å². The van der Waals surface area contributed by atoms with E-state index in [1.165, 1.54) is 41.0 Å². The van der Waals surface area contributed by atoms with Crippen LogP contribution in [0.15, 0.2) is 35.1 Å². The van der Waals surface area contributed by atoms with Crippen LogP contribution in [0.1, 0.15) is 58.2 Å². The van der Waals surface area contributed by atoms with Crippen molar-refractivity contribution in [3.63, 3.8) is 0 Å². The average molecular weight is 368 g/mol. The van der Waals surface area contributed by atoms with Gasteiger partial charge in [0.15, 0.2) is 11.9 Å². The lowest BCUT2D eigenvalue weighted by molar-refractivity contribution is 0.0326. The Labute approximate surface area is 155 Å². The number of hydrogen-bond acceptors (Lipinski definition) is 5. The SMILES string of the molecule is C[C@H](OC(=O)c1cc2c(s1)CCCCC2)c1nc2ccccc2c(=O)[nH]1. The van der Waals surface area contributed by atoms with Gasteiger partial charge in [-0.3, -0.25) is 4.79 Å². The Morgan fingerprint density at radius 1 is 1.23 bits per heavy atom. The Morgan fingerprint density at radius 2 is 2.04 bits per heavy atom. The van der Waals surface area contributed by atoms with Crippen LogP contribution >= 0.6 is 11.3 Å². The Bertz CT molecular complexity index is 998. The van der Waals surface area contributed by atoms with Gasteiger partial charge in [0, 0.05) is 4.88 Å². The van der Waals surface area contributed by atoms with Gasteiger partial charge in [0.2, 0.25) is 0 Å². The van der Waals surface area contributed by atoms with Gasteiger partial charge in [-0.05, 0) is 56.4 Å². The van der Waals surface area contributed by atoms with Crippen LogP contribution in [0.25, 0.3) is 10.9 Å². The fourth-order valence-electron chi connectivity index (χ4n) is 3.34. The highest BCUT2D eigenvalue weighted by atomic mass is 32.1. The molecule has 3 aromatic rings. The standard InChI is InChI=1S/C20H20N2O3S/c1-12(18-21-15-9-6-5-8-14(15)19(23)22-18)25-20(24)17-11-13-7-3-2-4-10-16(13)26-17/h5-6,8-9,11-12H,2-4,7,10H2,1H3,(H,21,22,23)/t12-/m0/s1. The number of nitrogens with one attached hydrogen (secondary N) is 1. The third-order valence-corrected chi connectivity index (χ3v) is 5.96. The van der Waals surface area contributed by atoms with Crippen molar-refractivity contribution in [3.8, 4) is 0 Å². The topological polar surface area (TPSA) is 72.0 Å². The van der Waals surface area contributed by atoms with E-state index in [4.69, 9.17) is 4.74 Å². The third-order valence-electron chi connectivity index (χ3n) is 4.75. The lowest BCUT2D eigenvalue weighted by atomic mass is 10.1. The van der Waals surface area contributed by atoms with Gasteiger partial charge in [0.25, 0.3) is 5.56 Å². The number of aromatic nitrogens is 2. The van der Waals surface area contributed by atoms with Crippen LogP contribution in [-0.2, 0) is 17.6 Å². The number of thiophene rings is 1. The van der Waals surface area contributed by atoms with Crippen molar-refractivity contribution >= 4 is 28.2 Å². The van der Waals surface area contributed by atoms with E-state index in [1.54, 1.807) is 25.1 Å². The molecule has 2 heterocycles. The van der Waals surface area contributed by atoms with Crippen molar-refractivity contribution in [3.05, 3.63) is 61.8 Å². The van der Waals surface area contributed by atoms with Gasteiger partial charge in [-0.1, -0.05) is 18.6 Å². The van der Waals surface area contributed by atoms with Crippen LogP contribution in [-0.4, -0.2) is 15.9 Å². The molecule has 26 heavy (non-hydrogen) atoms. The molecular formula is C20H20N2O3S. The van der Waals surface area contributed by atoms with E-state index in [-0.39, 0.29) is 11.5 Å². The smallest absolute Gasteiger partial charge is 0.349 e. The van der Waals surface area contributed by atoms with E-state index in [0.29, 0.717) is 21.6 Å². The van der Waals surface area contributed by atoms with Crippen molar-refractivity contribution in [1.82, 2.24) is 9.97 Å². The van der Waals surface area contributed by atoms with Crippen molar-refractivity contribution < 1.29 is 9.53 Å². The Morgan fingerprint density at radius 3 is 2.92 bits per heavy atom. The first kappa shape index (κ1) is 17.0. The van der Waals surface area contributed by atoms with Crippen LogP contribution < -0.4 is 5.56 Å². The van der Waals surface area contributed by atoms with Gasteiger partial charge in [-0.15, -0.1) is 11.3 Å². The van der Waals surface area contributed by atoms with Gasteiger partial charge >= 0.3 is 5.97 Å². The lowest BCUT2D eigenvalue weighted by Crippen LogP contribution is -2.17. The zero-order chi connectivity index (χ0) is 18.1. The lowest BCUT2D eigenvalue weighted by Gasteiger charge is -2.12. The summed E-state index contributed by atoms with van der Waals surface area (Å²) in [7, 11) is 0. The molecule has 4 rings (SSSR count). The number of aryl methyl sites for hydroxylation is 2. The molecule has 1 aliphatic rings. The summed E-state index contributed by atoms with van der Waals surface area (Å²) >= 11 is 1.53. The summed E-state index contributed by atoms with van der Waals surface area (Å²) in [6.45, 7) is 1.73. The molecule has 5 nitrogen and oxygen atoms in total. The maximum atomic E-state index is 12.5. The van der Waals surface area contributed by atoms with Crippen LogP contribution in [0.4, 0.5) is 0 Å². The molecule has 0 saturated carbocycles. The quantitative estimate of drug-likeness (QED) is 0.556. The van der Waals surface area contributed by atoms with Crippen molar-refractivity contribution in [1.29, 1.82) is 0 Å². The monoisotopic (exact) mass is 368 g/mol. The number of fused-ring (bicyclic) bond motifs is 2. The summed E-state index contributed by atoms with van der Waals surface area (Å²) in [5.74, 6) is 0.00607. The summed E-state index contributed by atoms with van der Waals surface area (Å²) in [5.41, 5.74) is 1.65. The fraction of sp³-hybridized carbons (Fsp3) is 0.350. The number of esters is 1. The molecule has 0 radical (unpaired) electrons. The molecule has 0 aliphatic heterocycles. The highest BCUT2D eigenvalue weighted by Gasteiger charge is 2.21. The number of hydrogen-bond donors (Lipinski definition) is 1. The zero-order valence-electron chi connectivity index (χ0n) is 14.6. The zero-order valence-corrected chi connectivity index (χ0v) is 15.4. The molecule has 6 heteroatoms. The largest absolute Gasteiger partial charge is 0.450 e. The predicted octanol–water partition coefficient (Wildman–Crippen LogP) is 4.17. The highest BCUT2D eigenvalue weighted by Crippen LogP contribution is 2.30. The fourth-order valence-corrected chi connectivity index (χ4v) is 4.48. The van der Waals surface area contributed by atoms with Gasteiger partial charge < -0.3 is 9.72 Å². The molecule has 1 N–H and O–H groups in total. The minimum atomic E-state index is -0.623. The molecule has 0 amide bonds. The molecule has 0 saturated heterocycles. The molecule has 1 aromatic carbocycles. The first-order chi connectivity index (χ1) is 12.6. The first-order valence-corrected chi connectivity index (χ1v) is 9.75. The van der Waals surface area contributed by atoms with E-state index >= 15 is 0 Å². The number of ether oxygens (including phenoxy) is 1. The molecule has 0 fully saturated rings. The van der Waals surface area contributed by atoms with Gasteiger partial charge in [0.1, 0.15) is 4.88 Å². The van der Waals surface area contributed by atoms with Crippen molar-refractivity contribution in [2.75, 3.05) is 0 Å². The predicted molar refractivity (Wildman–Crippen MR) is 102 cm³/mol. The van der Waals surface area contributed by atoms with E-state index < -0.39 is 6.10 Å². The number of H-pyrrole nitrogens is 1. The van der Waals surface area contributed by atoms with Gasteiger partial charge in [-0.25, -0.2) is 9.78 Å². The van der Waals surface area contributed by atoms with Crippen LogP contribution in [0, 0.1) is 0 Å². The van der Waals surface area contributed by atoms with Crippen LogP contribution in [0.2, 0.25) is 0 Å². The average Bonchev–Trinajstić information content (AvgIpc) is 2.92. The van der Waals surface area contributed by atoms with E-state index in [0.717, 1.165) is 12.8 Å². The Kier molecular flexibility index (Phi) is 4.59. The number of rotatable bonds is 3. The Balaban J connectivity index is 1.55. The molecular weight excluding hydrogens is 348 g/mol. The molecule has 134 valence electrons. The highest BCUT2D eigenvalue weighted by molar-refractivity contribution is 7.14. The van der Waals surface area contributed by atoms with Gasteiger partial charge in [-0.2, -0.15) is 0 Å². The maximum absolute atomic E-state index is 12.5. The molecule has 0 spiro atoms. The number of para-hydroxylation sites is 1. The summed E-state index contributed by atoms with van der Waals surface area (Å²) in [5, 5.41) is 0.525. The number of benzene rings is 1. The van der Waals surface area contributed by atoms with Crippen molar-refractivity contribution in [2.24, 2.45) is 0 Å². The normalized spacial score (nSPS) is 15.3. The summed E-state index contributed by atoms with van der Waals surface area (Å²) in [6, 6.07) is 9.09. The second-order valence-electron chi connectivity index (χ2n) is 6.64. The Hall–Kier alpha value is -2.47. The first-order valence-electron chi connectivity index (χ1n) is 8.93. The molecule has 2 aromatic heterocycles. The minimum absolute atomic E-state index is 0.226. The maximum Gasteiger partial charge on any atom is 0.349 e. The van der Waals surface area contributed by atoms with Crippen LogP contribution in [0.5, 0.6) is 0 Å². The minimum Gasteiger partial charge on any atom is -0.450 e. The van der Waals surface area contributed by atoms with Gasteiger partial charge in [0.05, 0.1) is 10.9 Å². The van der Waals surface area contributed by atoms with E-state index in [2.05, 4.69) is 9.97 Å². The third kappa shape index (κ3) is 3.29. The van der Waals surface area contributed by atoms with E-state index in [1.807, 2.05) is 12.1 Å². The second kappa shape index (κ2) is 7.03. The number of carbonyl (C=O) groups is 1. The summed E-state index contributed by atoms with van der Waals surface area (Å²) in [6.07, 6.45) is 5.06. The second-order valence-corrected chi connectivity index (χ2v) is 7.77. The van der Waals surface area contributed by atoms with Crippen LogP contribution in [0.3, 0.4) is 0 Å². The summed E-state index contributed by atoms with van der Waals surface area (Å²) < 4.78 is 5.57. The number of carbonyl (C=O) groups excluding carboxylic acids is 1. The molecule has 0 bridgehead atoms. The molecule has 0 unspecified atom stereocenters. The summed E-state index contributed by atoms with van der Waals surface area (Å²) in [4.78, 5) is 33.8.